The molecule has 10 heteroatoms. The van der Waals surface area contributed by atoms with Gasteiger partial charge in [0, 0.05) is 56.6 Å². The normalized spacial score (nSPS) is 20.2. The number of ether oxygens (including phenoxy) is 1. The number of hydrogen-bond donors (Lipinski definition) is 1. The standard InChI is InChI=1S/C26H33ClN6O3/c1-17(24(34)32-9-3-8-31(2)10-11-32)33-16-19-5-4-18(14-21(19)25(33)35)23-22(27)15-28-26(30-23)29-20-6-12-36-13-7-20/h4-5,14-15,17,20H,3,6-13,16H2,1-2H3,(H,28,29,30). The maximum absolute atomic E-state index is 13.4. The number of fused-ring (bicyclic) bond motifs is 1. The smallest absolute Gasteiger partial charge is 0.255 e. The molecule has 9 nitrogen and oxygen atoms in total. The Kier molecular flexibility index (Phi) is 7.41. The molecule has 0 aliphatic carbocycles. The lowest BCUT2D eigenvalue weighted by molar-refractivity contribution is -0.135. The predicted octanol–water partition coefficient (Wildman–Crippen LogP) is 2.90. The summed E-state index contributed by atoms with van der Waals surface area (Å²) in [5, 5.41) is 3.79. The molecule has 1 aromatic heterocycles. The van der Waals surface area contributed by atoms with Gasteiger partial charge in [0.15, 0.2) is 0 Å². The van der Waals surface area contributed by atoms with Crippen molar-refractivity contribution in [3.63, 3.8) is 0 Å². The van der Waals surface area contributed by atoms with Crippen LogP contribution in [0.5, 0.6) is 0 Å². The summed E-state index contributed by atoms with van der Waals surface area (Å²) >= 11 is 6.47. The van der Waals surface area contributed by atoms with Crippen LogP contribution in [0.2, 0.25) is 5.02 Å². The van der Waals surface area contributed by atoms with Gasteiger partial charge in [0.2, 0.25) is 11.9 Å². The van der Waals surface area contributed by atoms with Crippen LogP contribution in [-0.2, 0) is 16.1 Å². The Morgan fingerprint density at radius 3 is 2.81 bits per heavy atom. The van der Waals surface area contributed by atoms with Gasteiger partial charge in [-0.3, -0.25) is 9.59 Å². The molecule has 0 bridgehead atoms. The van der Waals surface area contributed by atoms with Crippen LogP contribution in [0.25, 0.3) is 11.3 Å². The van der Waals surface area contributed by atoms with Gasteiger partial charge in [-0.25, -0.2) is 9.97 Å². The largest absolute Gasteiger partial charge is 0.381 e. The minimum Gasteiger partial charge on any atom is -0.381 e. The number of benzene rings is 1. The molecule has 2 fully saturated rings. The number of hydrogen-bond acceptors (Lipinski definition) is 7. The van der Waals surface area contributed by atoms with E-state index in [9.17, 15) is 9.59 Å². The van der Waals surface area contributed by atoms with Crippen LogP contribution in [0.1, 0.15) is 42.1 Å². The predicted molar refractivity (Wildman–Crippen MR) is 138 cm³/mol. The van der Waals surface area contributed by atoms with Gasteiger partial charge in [0.25, 0.3) is 5.91 Å². The van der Waals surface area contributed by atoms with Crippen molar-refractivity contribution in [3.8, 4) is 11.3 Å². The summed E-state index contributed by atoms with van der Waals surface area (Å²) in [6, 6.07) is 5.44. The maximum Gasteiger partial charge on any atom is 0.255 e. The zero-order chi connectivity index (χ0) is 25.2. The second kappa shape index (κ2) is 10.7. The molecule has 0 saturated carbocycles. The van der Waals surface area contributed by atoms with E-state index in [-0.39, 0.29) is 17.9 Å². The number of anilines is 1. The fourth-order valence-corrected chi connectivity index (χ4v) is 5.31. The highest BCUT2D eigenvalue weighted by Gasteiger charge is 2.36. The molecule has 1 atom stereocenters. The third-order valence-electron chi connectivity index (χ3n) is 7.37. The Bertz CT molecular complexity index is 1140. The van der Waals surface area contributed by atoms with Crippen LogP contribution < -0.4 is 5.32 Å². The highest BCUT2D eigenvalue weighted by atomic mass is 35.5. The van der Waals surface area contributed by atoms with E-state index < -0.39 is 6.04 Å². The molecular weight excluding hydrogens is 480 g/mol. The topological polar surface area (TPSA) is 90.9 Å². The first-order valence-corrected chi connectivity index (χ1v) is 13.1. The van der Waals surface area contributed by atoms with Crippen LogP contribution >= 0.6 is 11.6 Å². The van der Waals surface area contributed by atoms with Gasteiger partial charge in [-0.05, 0) is 51.4 Å². The average molecular weight is 513 g/mol. The van der Waals surface area contributed by atoms with Crippen molar-refractivity contribution in [2.24, 2.45) is 0 Å². The number of nitrogens with one attached hydrogen (secondary N) is 1. The molecule has 0 spiro atoms. The van der Waals surface area contributed by atoms with Gasteiger partial charge in [-0.1, -0.05) is 23.7 Å². The van der Waals surface area contributed by atoms with Crippen LogP contribution in [0.4, 0.5) is 5.95 Å². The molecule has 2 aromatic rings. The number of halogens is 1. The van der Waals surface area contributed by atoms with Gasteiger partial charge in [-0.15, -0.1) is 0 Å². The number of rotatable bonds is 5. The summed E-state index contributed by atoms with van der Waals surface area (Å²) in [7, 11) is 2.07. The van der Waals surface area contributed by atoms with Crippen molar-refractivity contribution in [3.05, 3.63) is 40.5 Å². The second-order valence-corrected chi connectivity index (χ2v) is 10.3. The first kappa shape index (κ1) is 24.9. The van der Waals surface area contributed by atoms with E-state index in [2.05, 4.69) is 27.2 Å². The number of nitrogens with zero attached hydrogens (tertiary/aromatic N) is 5. The van der Waals surface area contributed by atoms with E-state index in [4.69, 9.17) is 16.3 Å². The summed E-state index contributed by atoms with van der Waals surface area (Å²) in [6.07, 6.45) is 4.33. The van der Waals surface area contributed by atoms with Gasteiger partial charge < -0.3 is 24.8 Å². The molecule has 1 aromatic carbocycles. The molecule has 1 N–H and O–H groups in total. The number of carbonyl (C=O) groups is 2. The summed E-state index contributed by atoms with van der Waals surface area (Å²) in [5.74, 6) is 0.386. The molecule has 2 amide bonds. The van der Waals surface area contributed by atoms with Gasteiger partial charge in [0.05, 0.1) is 16.9 Å². The summed E-state index contributed by atoms with van der Waals surface area (Å²) < 4.78 is 5.42. The van der Waals surface area contributed by atoms with Crippen molar-refractivity contribution in [2.75, 3.05) is 51.8 Å². The van der Waals surface area contributed by atoms with Gasteiger partial charge in [-0.2, -0.15) is 0 Å². The zero-order valence-corrected chi connectivity index (χ0v) is 21.6. The quantitative estimate of drug-likeness (QED) is 0.658. The van der Waals surface area contributed by atoms with E-state index in [0.29, 0.717) is 35.3 Å². The summed E-state index contributed by atoms with van der Waals surface area (Å²) in [4.78, 5) is 41.4. The van der Waals surface area contributed by atoms with Crippen LogP contribution in [0.3, 0.4) is 0 Å². The highest BCUT2D eigenvalue weighted by molar-refractivity contribution is 6.33. The fraction of sp³-hybridized carbons (Fsp3) is 0.538. The molecule has 0 radical (unpaired) electrons. The van der Waals surface area contributed by atoms with Crippen molar-refractivity contribution < 1.29 is 14.3 Å². The van der Waals surface area contributed by atoms with E-state index >= 15 is 0 Å². The summed E-state index contributed by atoms with van der Waals surface area (Å²) in [6.45, 7) is 6.93. The Labute approximate surface area is 216 Å². The van der Waals surface area contributed by atoms with E-state index in [0.717, 1.165) is 63.2 Å². The highest BCUT2D eigenvalue weighted by Crippen LogP contribution is 2.32. The zero-order valence-electron chi connectivity index (χ0n) is 20.9. The maximum atomic E-state index is 13.4. The molecule has 3 aliphatic rings. The minimum atomic E-state index is -0.519. The third kappa shape index (κ3) is 5.19. The monoisotopic (exact) mass is 512 g/mol. The SMILES string of the molecule is CC(C(=O)N1CCCN(C)CC1)N1Cc2ccc(-c3nc(NC4CCOCC4)ncc3Cl)cc2C1=O. The number of carbonyl (C=O) groups excluding carboxylic acids is 2. The van der Waals surface area contributed by atoms with Crippen LogP contribution in [0.15, 0.2) is 24.4 Å². The second-order valence-electron chi connectivity index (χ2n) is 9.88. The van der Waals surface area contributed by atoms with Crippen molar-refractivity contribution in [1.29, 1.82) is 0 Å². The molecule has 2 saturated heterocycles. The Morgan fingerprint density at radius 1 is 1.19 bits per heavy atom. The van der Waals surface area contributed by atoms with Crippen LogP contribution in [-0.4, -0.2) is 95.0 Å². The molecule has 192 valence electrons. The molecule has 1 unspecified atom stereocenters. The molecule has 5 rings (SSSR count). The number of aromatic nitrogens is 2. The average Bonchev–Trinajstić information content (AvgIpc) is 3.06. The van der Waals surface area contributed by atoms with Gasteiger partial charge >= 0.3 is 0 Å². The number of likely N-dealkylation sites (N-methyl/N-ethyl adjacent to an activating group) is 1. The molecule has 3 aliphatic heterocycles. The Morgan fingerprint density at radius 2 is 2.00 bits per heavy atom. The molecular formula is C26H33ClN6O3. The van der Waals surface area contributed by atoms with E-state index in [1.165, 1.54) is 0 Å². The summed E-state index contributed by atoms with van der Waals surface area (Å²) in [5.41, 5.74) is 2.83. The Hall–Kier alpha value is -2.75. The molecule has 4 heterocycles. The van der Waals surface area contributed by atoms with Crippen molar-refractivity contribution >= 4 is 29.4 Å². The first-order valence-electron chi connectivity index (χ1n) is 12.7. The number of amides is 2. The first-order chi connectivity index (χ1) is 17.4. The van der Waals surface area contributed by atoms with Crippen molar-refractivity contribution in [2.45, 2.75) is 44.8 Å². The van der Waals surface area contributed by atoms with E-state index in [1.54, 1.807) is 11.1 Å². The lowest BCUT2D eigenvalue weighted by Crippen LogP contribution is -2.48. The fourth-order valence-electron chi connectivity index (χ4n) is 5.11. The molecule has 36 heavy (non-hydrogen) atoms. The van der Waals surface area contributed by atoms with Crippen molar-refractivity contribution in [1.82, 2.24) is 24.7 Å². The Balaban J connectivity index is 1.32. The van der Waals surface area contributed by atoms with E-state index in [1.807, 2.05) is 30.0 Å². The van der Waals surface area contributed by atoms with Crippen LogP contribution in [0, 0.1) is 0 Å². The lowest BCUT2D eigenvalue weighted by atomic mass is 10.0. The minimum absolute atomic E-state index is 0.00866. The van der Waals surface area contributed by atoms with Gasteiger partial charge in [0.1, 0.15) is 6.04 Å². The lowest BCUT2D eigenvalue weighted by Gasteiger charge is -2.29. The third-order valence-corrected chi connectivity index (χ3v) is 7.65.